The molecule has 0 radical (unpaired) electrons. The molecular formula is C16H15FN4OS. The number of amides is 1. The first kappa shape index (κ1) is 15.4. The van der Waals surface area contributed by atoms with Crippen LogP contribution < -0.4 is 5.32 Å². The normalized spacial score (nSPS) is 10.7. The van der Waals surface area contributed by atoms with Gasteiger partial charge in [0.1, 0.15) is 11.6 Å². The molecule has 0 unspecified atom stereocenters. The van der Waals surface area contributed by atoms with Crippen LogP contribution in [0.15, 0.2) is 41.8 Å². The molecule has 0 fully saturated rings. The second-order valence-corrected chi connectivity index (χ2v) is 6.07. The van der Waals surface area contributed by atoms with Crippen molar-refractivity contribution >= 4 is 17.2 Å². The quantitative estimate of drug-likeness (QED) is 0.729. The molecule has 5 nitrogen and oxygen atoms in total. The molecule has 2 heterocycles. The summed E-state index contributed by atoms with van der Waals surface area (Å²) in [4.78, 5) is 17.3. The third-order valence-corrected chi connectivity index (χ3v) is 4.10. The van der Waals surface area contributed by atoms with Crippen LogP contribution in [0, 0.1) is 5.82 Å². The monoisotopic (exact) mass is 330 g/mol. The molecule has 3 aromatic rings. The number of thiophene rings is 1. The number of halogens is 1. The highest BCUT2D eigenvalue weighted by Crippen LogP contribution is 2.09. The molecule has 0 saturated heterocycles. The van der Waals surface area contributed by atoms with Gasteiger partial charge in [0.25, 0.3) is 0 Å². The lowest BCUT2D eigenvalue weighted by atomic mass is 10.1. The van der Waals surface area contributed by atoms with Crippen LogP contribution in [-0.4, -0.2) is 21.1 Å². The molecule has 1 amide bonds. The summed E-state index contributed by atoms with van der Waals surface area (Å²) >= 11 is 1.60. The zero-order chi connectivity index (χ0) is 16.1. The summed E-state index contributed by atoms with van der Waals surface area (Å²) in [6, 6.07) is 10.1. The van der Waals surface area contributed by atoms with Crippen molar-refractivity contribution in [3.05, 3.63) is 69.7 Å². The predicted octanol–water partition coefficient (Wildman–Crippen LogP) is 2.46. The van der Waals surface area contributed by atoms with Crippen LogP contribution >= 0.6 is 11.3 Å². The molecule has 23 heavy (non-hydrogen) atoms. The van der Waals surface area contributed by atoms with E-state index in [4.69, 9.17) is 0 Å². The summed E-state index contributed by atoms with van der Waals surface area (Å²) in [5, 5.41) is 11.7. The van der Waals surface area contributed by atoms with E-state index in [0.29, 0.717) is 24.6 Å². The van der Waals surface area contributed by atoms with E-state index in [0.717, 1.165) is 10.4 Å². The van der Waals surface area contributed by atoms with Gasteiger partial charge in [-0.05, 0) is 29.1 Å². The molecule has 2 N–H and O–H groups in total. The smallest absolute Gasteiger partial charge is 0.228 e. The Morgan fingerprint density at radius 3 is 2.83 bits per heavy atom. The molecule has 0 aliphatic carbocycles. The highest BCUT2D eigenvalue weighted by atomic mass is 32.1. The Morgan fingerprint density at radius 1 is 1.26 bits per heavy atom. The minimum atomic E-state index is -0.269. The van der Waals surface area contributed by atoms with E-state index in [9.17, 15) is 9.18 Å². The average Bonchev–Trinajstić information content (AvgIpc) is 3.20. The van der Waals surface area contributed by atoms with Crippen molar-refractivity contribution in [3.8, 4) is 0 Å². The van der Waals surface area contributed by atoms with E-state index >= 15 is 0 Å². The Morgan fingerprint density at radius 2 is 2.09 bits per heavy atom. The number of hydrogen-bond donors (Lipinski definition) is 2. The fourth-order valence-corrected chi connectivity index (χ4v) is 2.74. The standard InChI is InChI=1S/C16H15FN4OS/c17-12-5-3-11(4-6-12)8-14-19-15(21-20-14)9-16(22)18-10-13-2-1-7-23-13/h1-7H,8-10H2,(H,18,22)(H,19,20,21). The van der Waals surface area contributed by atoms with Gasteiger partial charge in [0.05, 0.1) is 13.0 Å². The number of aromatic nitrogens is 3. The molecule has 118 valence electrons. The summed E-state index contributed by atoms with van der Waals surface area (Å²) < 4.78 is 12.9. The second kappa shape index (κ2) is 7.15. The zero-order valence-electron chi connectivity index (χ0n) is 12.3. The van der Waals surface area contributed by atoms with Crippen LogP contribution in [0.25, 0.3) is 0 Å². The number of carbonyl (C=O) groups is 1. The Bertz CT molecular complexity index is 768. The first-order valence-electron chi connectivity index (χ1n) is 7.13. The molecule has 3 rings (SSSR count). The zero-order valence-corrected chi connectivity index (χ0v) is 13.1. The second-order valence-electron chi connectivity index (χ2n) is 5.03. The maximum absolute atomic E-state index is 12.9. The van der Waals surface area contributed by atoms with Crippen LogP contribution in [0.1, 0.15) is 22.1 Å². The SMILES string of the molecule is O=C(Cc1n[nH]c(Cc2ccc(F)cc2)n1)NCc1cccs1. The lowest BCUT2D eigenvalue weighted by Gasteiger charge is -2.00. The Kier molecular flexibility index (Phi) is 4.77. The molecule has 0 saturated carbocycles. The van der Waals surface area contributed by atoms with Crippen LogP contribution in [0.4, 0.5) is 4.39 Å². The predicted molar refractivity (Wildman–Crippen MR) is 85.5 cm³/mol. The number of nitrogens with zero attached hydrogens (tertiary/aromatic N) is 2. The van der Waals surface area contributed by atoms with Gasteiger partial charge in [0, 0.05) is 11.3 Å². The topological polar surface area (TPSA) is 70.7 Å². The third-order valence-electron chi connectivity index (χ3n) is 3.22. The Hall–Kier alpha value is -2.54. The van der Waals surface area contributed by atoms with E-state index in [-0.39, 0.29) is 18.1 Å². The summed E-state index contributed by atoms with van der Waals surface area (Å²) in [6.45, 7) is 0.517. The van der Waals surface area contributed by atoms with Gasteiger partial charge in [-0.25, -0.2) is 9.37 Å². The number of benzene rings is 1. The van der Waals surface area contributed by atoms with E-state index in [1.54, 1.807) is 23.5 Å². The minimum Gasteiger partial charge on any atom is -0.351 e. The average molecular weight is 330 g/mol. The summed E-state index contributed by atoms with van der Waals surface area (Å²) in [5.74, 6) is 0.712. The van der Waals surface area contributed by atoms with Crippen molar-refractivity contribution in [2.45, 2.75) is 19.4 Å². The number of nitrogens with one attached hydrogen (secondary N) is 2. The molecular weight excluding hydrogens is 315 g/mol. The highest BCUT2D eigenvalue weighted by molar-refractivity contribution is 7.09. The van der Waals surface area contributed by atoms with Gasteiger partial charge in [-0.15, -0.1) is 11.3 Å². The number of hydrogen-bond acceptors (Lipinski definition) is 4. The lowest BCUT2D eigenvalue weighted by Crippen LogP contribution is -2.24. The van der Waals surface area contributed by atoms with E-state index in [1.807, 2.05) is 17.5 Å². The van der Waals surface area contributed by atoms with Crippen LogP contribution in [0.3, 0.4) is 0 Å². The van der Waals surface area contributed by atoms with E-state index < -0.39 is 0 Å². The van der Waals surface area contributed by atoms with Crippen molar-refractivity contribution < 1.29 is 9.18 Å². The van der Waals surface area contributed by atoms with E-state index in [2.05, 4.69) is 20.5 Å². The first-order chi connectivity index (χ1) is 11.2. The molecule has 0 bridgehead atoms. The van der Waals surface area contributed by atoms with Gasteiger partial charge in [-0.3, -0.25) is 9.89 Å². The highest BCUT2D eigenvalue weighted by Gasteiger charge is 2.09. The summed E-state index contributed by atoms with van der Waals surface area (Å²) in [5.41, 5.74) is 0.927. The fourth-order valence-electron chi connectivity index (χ4n) is 2.09. The van der Waals surface area contributed by atoms with Gasteiger partial charge >= 0.3 is 0 Å². The van der Waals surface area contributed by atoms with Gasteiger partial charge in [0.2, 0.25) is 5.91 Å². The molecule has 0 atom stereocenters. The van der Waals surface area contributed by atoms with Gasteiger partial charge in [0.15, 0.2) is 5.82 Å². The number of carbonyl (C=O) groups excluding carboxylic acids is 1. The Balaban J connectivity index is 1.52. The van der Waals surface area contributed by atoms with Gasteiger partial charge in [-0.1, -0.05) is 18.2 Å². The maximum atomic E-state index is 12.9. The lowest BCUT2D eigenvalue weighted by molar-refractivity contribution is -0.120. The maximum Gasteiger partial charge on any atom is 0.228 e. The molecule has 2 aromatic heterocycles. The number of H-pyrrole nitrogens is 1. The van der Waals surface area contributed by atoms with Crippen molar-refractivity contribution in [1.29, 1.82) is 0 Å². The summed E-state index contributed by atoms with van der Waals surface area (Å²) in [6.07, 6.45) is 0.648. The van der Waals surface area contributed by atoms with Crippen molar-refractivity contribution in [2.24, 2.45) is 0 Å². The molecule has 1 aromatic carbocycles. The van der Waals surface area contributed by atoms with Crippen molar-refractivity contribution in [2.75, 3.05) is 0 Å². The van der Waals surface area contributed by atoms with Crippen molar-refractivity contribution in [3.63, 3.8) is 0 Å². The molecule has 0 aliphatic heterocycles. The largest absolute Gasteiger partial charge is 0.351 e. The van der Waals surface area contributed by atoms with Crippen LogP contribution in [-0.2, 0) is 24.2 Å². The number of rotatable bonds is 6. The van der Waals surface area contributed by atoms with Gasteiger partial charge < -0.3 is 5.32 Å². The Labute approximate surface area is 136 Å². The van der Waals surface area contributed by atoms with E-state index in [1.165, 1.54) is 12.1 Å². The molecule has 7 heteroatoms. The van der Waals surface area contributed by atoms with Crippen LogP contribution in [0.2, 0.25) is 0 Å². The molecule has 0 aliphatic rings. The first-order valence-corrected chi connectivity index (χ1v) is 8.01. The molecule has 0 spiro atoms. The van der Waals surface area contributed by atoms with Crippen LogP contribution in [0.5, 0.6) is 0 Å². The van der Waals surface area contributed by atoms with Gasteiger partial charge in [-0.2, -0.15) is 5.10 Å². The third kappa shape index (κ3) is 4.46. The summed E-state index contributed by atoms with van der Waals surface area (Å²) in [7, 11) is 0. The minimum absolute atomic E-state index is 0.120. The number of aromatic amines is 1. The fraction of sp³-hybridized carbons (Fsp3) is 0.188. The van der Waals surface area contributed by atoms with Crippen molar-refractivity contribution in [1.82, 2.24) is 20.5 Å².